The van der Waals surface area contributed by atoms with E-state index in [-0.39, 0.29) is 5.97 Å². The maximum Gasteiger partial charge on any atom is 0.341 e. The highest BCUT2D eigenvalue weighted by atomic mass is 16.5. The third kappa shape index (κ3) is 3.11. The van der Waals surface area contributed by atoms with Crippen molar-refractivity contribution in [2.75, 3.05) is 6.61 Å². The average molecular weight is 296 g/mol. The summed E-state index contributed by atoms with van der Waals surface area (Å²) >= 11 is 0. The minimum absolute atomic E-state index is 0.346. The summed E-state index contributed by atoms with van der Waals surface area (Å²) in [6.07, 6.45) is 5.67. The molecule has 0 aliphatic carbocycles. The topological polar surface area (TPSA) is 69.9 Å². The molecule has 0 aliphatic heterocycles. The van der Waals surface area contributed by atoms with Gasteiger partial charge in [-0.25, -0.2) is 14.8 Å². The molecule has 6 heteroatoms. The molecular formula is C16H16N4O2. The van der Waals surface area contributed by atoms with Crippen LogP contribution in [0.4, 0.5) is 0 Å². The lowest BCUT2D eigenvalue weighted by Crippen LogP contribution is -2.05. The molecule has 112 valence electrons. The summed E-state index contributed by atoms with van der Waals surface area (Å²) in [5.74, 6) is -0.346. The van der Waals surface area contributed by atoms with Crippen LogP contribution >= 0.6 is 0 Å². The summed E-state index contributed by atoms with van der Waals surface area (Å²) in [7, 11) is 0. The van der Waals surface area contributed by atoms with Gasteiger partial charge in [-0.05, 0) is 31.2 Å². The number of ether oxygens (including phenoxy) is 1. The number of rotatable bonds is 5. The normalized spacial score (nSPS) is 10.8. The number of esters is 1. The van der Waals surface area contributed by atoms with Crippen molar-refractivity contribution in [3.05, 3.63) is 54.1 Å². The van der Waals surface area contributed by atoms with Gasteiger partial charge in [0.1, 0.15) is 0 Å². The molecule has 22 heavy (non-hydrogen) atoms. The number of pyridine rings is 2. The predicted octanol–water partition coefficient (Wildman–Crippen LogP) is 2.25. The first-order chi connectivity index (χ1) is 10.8. The Bertz CT molecular complexity index is 797. The van der Waals surface area contributed by atoms with E-state index in [0.29, 0.717) is 18.7 Å². The van der Waals surface area contributed by atoms with Crippen LogP contribution in [0.3, 0.4) is 0 Å². The van der Waals surface area contributed by atoms with Gasteiger partial charge in [-0.15, -0.1) is 0 Å². The second kappa shape index (κ2) is 6.34. The van der Waals surface area contributed by atoms with Crippen molar-refractivity contribution in [1.29, 1.82) is 0 Å². The Labute approximate surface area is 127 Å². The van der Waals surface area contributed by atoms with Gasteiger partial charge in [-0.2, -0.15) is 5.10 Å². The second-order valence-electron chi connectivity index (χ2n) is 4.82. The second-order valence-corrected chi connectivity index (χ2v) is 4.82. The zero-order valence-corrected chi connectivity index (χ0v) is 12.3. The number of aryl methyl sites for hydroxylation is 2. The molecule has 3 aromatic heterocycles. The van der Waals surface area contributed by atoms with E-state index in [1.807, 2.05) is 24.3 Å². The highest BCUT2D eigenvalue weighted by Crippen LogP contribution is 2.10. The summed E-state index contributed by atoms with van der Waals surface area (Å²) in [5, 5.41) is 5.19. The van der Waals surface area contributed by atoms with E-state index >= 15 is 0 Å². The van der Waals surface area contributed by atoms with Crippen LogP contribution in [0, 0.1) is 0 Å². The van der Waals surface area contributed by atoms with Gasteiger partial charge in [0.15, 0.2) is 5.65 Å². The zero-order valence-electron chi connectivity index (χ0n) is 12.3. The fourth-order valence-electron chi connectivity index (χ4n) is 2.17. The van der Waals surface area contributed by atoms with Crippen molar-refractivity contribution >= 4 is 17.0 Å². The molecule has 0 spiro atoms. The molecule has 0 N–H and O–H groups in total. The third-order valence-electron chi connectivity index (χ3n) is 3.26. The first kappa shape index (κ1) is 14.2. The lowest BCUT2D eigenvalue weighted by atomic mass is 10.2. The van der Waals surface area contributed by atoms with E-state index in [0.717, 1.165) is 23.1 Å². The first-order valence-corrected chi connectivity index (χ1v) is 7.16. The molecule has 0 unspecified atom stereocenters. The maximum absolute atomic E-state index is 11.6. The van der Waals surface area contributed by atoms with Crippen LogP contribution in [0.1, 0.15) is 23.0 Å². The predicted molar refractivity (Wildman–Crippen MR) is 81.4 cm³/mol. The average Bonchev–Trinajstić information content (AvgIpc) is 3.02. The molecule has 3 heterocycles. The van der Waals surface area contributed by atoms with E-state index in [4.69, 9.17) is 4.74 Å². The molecule has 0 saturated heterocycles. The van der Waals surface area contributed by atoms with Gasteiger partial charge in [-0.3, -0.25) is 4.68 Å². The highest BCUT2D eigenvalue weighted by molar-refractivity contribution is 5.88. The van der Waals surface area contributed by atoms with Gasteiger partial charge in [0.2, 0.25) is 0 Å². The van der Waals surface area contributed by atoms with Crippen LogP contribution in [0.2, 0.25) is 0 Å². The molecule has 6 nitrogen and oxygen atoms in total. The van der Waals surface area contributed by atoms with Crippen molar-refractivity contribution in [3.8, 4) is 0 Å². The number of aromatic nitrogens is 4. The number of carbonyl (C=O) groups is 1. The standard InChI is InChI=1S/C16H16N4O2/c1-2-22-16(21)13-10-18-20(11-13)9-7-14-6-5-12-4-3-8-17-15(12)19-14/h3-6,8,10-11H,2,7,9H2,1H3. The maximum atomic E-state index is 11.6. The Morgan fingerprint density at radius 1 is 1.32 bits per heavy atom. The van der Waals surface area contributed by atoms with Crippen molar-refractivity contribution in [3.63, 3.8) is 0 Å². The Morgan fingerprint density at radius 2 is 2.23 bits per heavy atom. The van der Waals surface area contributed by atoms with Gasteiger partial charge in [0, 0.05) is 36.4 Å². The molecule has 0 bridgehead atoms. The number of carbonyl (C=O) groups excluding carboxylic acids is 1. The fraction of sp³-hybridized carbons (Fsp3) is 0.250. The van der Waals surface area contributed by atoms with Crippen LogP contribution in [0.5, 0.6) is 0 Å². The van der Waals surface area contributed by atoms with E-state index in [2.05, 4.69) is 15.1 Å². The van der Waals surface area contributed by atoms with E-state index in [1.54, 1.807) is 24.0 Å². The minimum Gasteiger partial charge on any atom is -0.462 e. The van der Waals surface area contributed by atoms with Gasteiger partial charge in [0.25, 0.3) is 0 Å². The van der Waals surface area contributed by atoms with Crippen LogP contribution in [0.15, 0.2) is 42.9 Å². The van der Waals surface area contributed by atoms with Crippen molar-refractivity contribution < 1.29 is 9.53 Å². The minimum atomic E-state index is -0.346. The quantitative estimate of drug-likeness (QED) is 0.675. The zero-order chi connectivity index (χ0) is 15.4. The molecule has 0 amide bonds. The smallest absolute Gasteiger partial charge is 0.341 e. The van der Waals surface area contributed by atoms with Crippen LogP contribution in [-0.2, 0) is 17.7 Å². The number of nitrogens with zero attached hydrogens (tertiary/aromatic N) is 4. The molecule has 0 saturated carbocycles. The lowest BCUT2D eigenvalue weighted by Gasteiger charge is -2.03. The van der Waals surface area contributed by atoms with E-state index in [9.17, 15) is 4.79 Å². The van der Waals surface area contributed by atoms with Gasteiger partial charge in [-0.1, -0.05) is 0 Å². The van der Waals surface area contributed by atoms with Crippen molar-refractivity contribution in [1.82, 2.24) is 19.7 Å². The van der Waals surface area contributed by atoms with Gasteiger partial charge >= 0.3 is 5.97 Å². The lowest BCUT2D eigenvalue weighted by molar-refractivity contribution is 0.0526. The highest BCUT2D eigenvalue weighted by Gasteiger charge is 2.09. The van der Waals surface area contributed by atoms with Crippen molar-refractivity contribution in [2.24, 2.45) is 0 Å². The number of hydrogen-bond acceptors (Lipinski definition) is 5. The van der Waals surface area contributed by atoms with Crippen molar-refractivity contribution in [2.45, 2.75) is 19.9 Å². The van der Waals surface area contributed by atoms with Crippen LogP contribution < -0.4 is 0 Å². The Hall–Kier alpha value is -2.76. The molecule has 0 radical (unpaired) electrons. The first-order valence-electron chi connectivity index (χ1n) is 7.16. The monoisotopic (exact) mass is 296 g/mol. The summed E-state index contributed by atoms with van der Waals surface area (Å²) < 4.78 is 6.66. The largest absolute Gasteiger partial charge is 0.462 e. The Kier molecular flexibility index (Phi) is 4.09. The summed E-state index contributed by atoms with van der Waals surface area (Å²) in [6.45, 7) is 2.78. The number of fused-ring (bicyclic) bond motifs is 1. The summed E-state index contributed by atoms with van der Waals surface area (Å²) in [6, 6.07) is 7.88. The molecule has 0 fully saturated rings. The molecule has 0 atom stereocenters. The number of hydrogen-bond donors (Lipinski definition) is 0. The molecule has 0 aliphatic rings. The third-order valence-corrected chi connectivity index (χ3v) is 3.26. The fourth-order valence-corrected chi connectivity index (χ4v) is 2.17. The molecule has 3 aromatic rings. The van der Waals surface area contributed by atoms with Crippen LogP contribution in [-0.4, -0.2) is 32.3 Å². The summed E-state index contributed by atoms with van der Waals surface area (Å²) in [5.41, 5.74) is 2.15. The molecular weight excluding hydrogens is 280 g/mol. The van der Waals surface area contributed by atoms with E-state index < -0.39 is 0 Å². The Morgan fingerprint density at radius 3 is 3.09 bits per heavy atom. The van der Waals surface area contributed by atoms with Gasteiger partial charge < -0.3 is 4.74 Å². The van der Waals surface area contributed by atoms with Crippen LogP contribution in [0.25, 0.3) is 11.0 Å². The molecule has 0 aromatic carbocycles. The van der Waals surface area contributed by atoms with Gasteiger partial charge in [0.05, 0.1) is 18.4 Å². The molecule has 3 rings (SSSR count). The van der Waals surface area contributed by atoms with E-state index in [1.165, 1.54) is 6.20 Å². The SMILES string of the molecule is CCOC(=O)c1cnn(CCc2ccc3cccnc3n2)c1. The Balaban J connectivity index is 1.67. The summed E-state index contributed by atoms with van der Waals surface area (Å²) in [4.78, 5) is 20.4.